The molecule has 2 rings (SSSR count). The largest absolute Gasteiger partial charge is 0.381 e. The molecule has 0 saturated carbocycles. The average molecular weight is 412 g/mol. The molecule has 25 heavy (non-hydrogen) atoms. The SMILES string of the molecule is CCN(CC)C(CNC(=O)C1(CN)CCOCC1)c1ccsc1.Cl.Cl. The van der Waals surface area contributed by atoms with Crippen LogP contribution in [0.5, 0.6) is 0 Å². The zero-order chi connectivity index (χ0) is 16.7. The number of amides is 1. The summed E-state index contributed by atoms with van der Waals surface area (Å²) in [7, 11) is 0. The first-order valence-electron chi connectivity index (χ1n) is 8.49. The van der Waals surface area contributed by atoms with Gasteiger partial charge < -0.3 is 15.8 Å². The third kappa shape index (κ3) is 6.08. The van der Waals surface area contributed by atoms with E-state index in [0.717, 1.165) is 13.1 Å². The van der Waals surface area contributed by atoms with Gasteiger partial charge in [0.1, 0.15) is 0 Å². The van der Waals surface area contributed by atoms with Crippen molar-refractivity contribution in [3.63, 3.8) is 0 Å². The second-order valence-corrected chi connectivity index (χ2v) is 6.88. The molecule has 1 aliphatic rings. The first-order valence-corrected chi connectivity index (χ1v) is 9.43. The molecule has 5 nitrogen and oxygen atoms in total. The van der Waals surface area contributed by atoms with E-state index in [-0.39, 0.29) is 36.8 Å². The molecule has 1 aromatic heterocycles. The molecular weight excluding hydrogens is 381 g/mol. The minimum absolute atomic E-state index is 0. The number of nitrogens with one attached hydrogen (secondary N) is 1. The minimum Gasteiger partial charge on any atom is -0.381 e. The fraction of sp³-hybridized carbons (Fsp3) is 0.706. The van der Waals surface area contributed by atoms with Gasteiger partial charge in [0.2, 0.25) is 5.91 Å². The van der Waals surface area contributed by atoms with Crippen molar-refractivity contribution in [1.29, 1.82) is 0 Å². The number of hydrogen-bond acceptors (Lipinski definition) is 5. The van der Waals surface area contributed by atoms with Gasteiger partial charge in [-0.2, -0.15) is 11.3 Å². The van der Waals surface area contributed by atoms with Crippen LogP contribution in [0.1, 0.15) is 38.3 Å². The van der Waals surface area contributed by atoms with Crippen LogP contribution in [0.3, 0.4) is 0 Å². The Morgan fingerprint density at radius 1 is 1.36 bits per heavy atom. The number of thiophene rings is 1. The van der Waals surface area contributed by atoms with E-state index in [2.05, 4.69) is 40.9 Å². The number of carbonyl (C=O) groups is 1. The Morgan fingerprint density at radius 3 is 2.48 bits per heavy atom. The fourth-order valence-electron chi connectivity index (χ4n) is 3.25. The van der Waals surface area contributed by atoms with E-state index in [0.29, 0.717) is 39.1 Å². The first-order chi connectivity index (χ1) is 11.2. The maximum absolute atomic E-state index is 12.8. The highest BCUT2D eigenvalue weighted by molar-refractivity contribution is 7.07. The zero-order valence-corrected chi connectivity index (χ0v) is 17.5. The van der Waals surface area contributed by atoms with E-state index in [4.69, 9.17) is 10.5 Å². The summed E-state index contributed by atoms with van der Waals surface area (Å²) in [6.45, 7) is 8.49. The van der Waals surface area contributed by atoms with Crippen LogP contribution in [0.15, 0.2) is 16.8 Å². The lowest BCUT2D eigenvalue weighted by Gasteiger charge is -2.36. The number of hydrogen-bond donors (Lipinski definition) is 2. The van der Waals surface area contributed by atoms with Crippen molar-refractivity contribution in [1.82, 2.24) is 10.2 Å². The number of likely N-dealkylation sites (N-methyl/N-ethyl adjacent to an activating group) is 1. The van der Waals surface area contributed by atoms with E-state index < -0.39 is 5.41 Å². The van der Waals surface area contributed by atoms with Crippen LogP contribution < -0.4 is 11.1 Å². The highest BCUT2D eigenvalue weighted by atomic mass is 35.5. The summed E-state index contributed by atoms with van der Waals surface area (Å²) in [6, 6.07) is 2.36. The van der Waals surface area contributed by atoms with Gasteiger partial charge in [-0.05, 0) is 48.3 Å². The third-order valence-electron chi connectivity index (χ3n) is 4.96. The van der Waals surface area contributed by atoms with Gasteiger partial charge in [-0.15, -0.1) is 24.8 Å². The zero-order valence-electron chi connectivity index (χ0n) is 15.0. The molecule has 2 heterocycles. The molecule has 0 aliphatic carbocycles. The monoisotopic (exact) mass is 411 g/mol. The van der Waals surface area contributed by atoms with Gasteiger partial charge in [-0.25, -0.2) is 0 Å². The summed E-state index contributed by atoms with van der Waals surface area (Å²) >= 11 is 1.70. The van der Waals surface area contributed by atoms with Gasteiger partial charge in [0, 0.05) is 26.3 Å². The Morgan fingerprint density at radius 2 is 2.00 bits per heavy atom. The number of halogens is 2. The molecule has 1 aliphatic heterocycles. The van der Waals surface area contributed by atoms with Crippen LogP contribution in [0.2, 0.25) is 0 Å². The van der Waals surface area contributed by atoms with Crippen molar-refractivity contribution in [2.24, 2.45) is 11.1 Å². The van der Waals surface area contributed by atoms with E-state index in [9.17, 15) is 4.79 Å². The molecule has 0 spiro atoms. The van der Waals surface area contributed by atoms with Crippen molar-refractivity contribution >= 4 is 42.1 Å². The lowest BCUT2D eigenvalue weighted by Crippen LogP contribution is -2.50. The van der Waals surface area contributed by atoms with Crippen molar-refractivity contribution in [2.75, 3.05) is 39.4 Å². The first kappa shape index (κ1) is 24.6. The Hall–Kier alpha value is -0.370. The van der Waals surface area contributed by atoms with Gasteiger partial charge in [0.05, 0.1) is 11.5 Å². The van der Waals surface area contributed by atoms with Crippen molar-refractivity contribution < 1.29 is 9.53 Å². The standard InChI is InChI=1S/C17H29N3O2S.2ClH/c1-3-20(4-2)15(14-5-10-23-12-14)11-19-16(21)17(13-18)6-8-22-9-7-17;;/h5,10,12,15H,3-4,6-9,11,13,18H2,1-2H3,(H,19,21);2*1H. The Labute approximate surface area is 167 Å². The van der Waals surface area contributed by atoms with E-state index in [1.807, 2.05) is 0 Å². The van der Waals surface area contributed by atoms with E-state index in [1.54, 1.807) is 11.3 Å². The number of nitrogens with two attached hydrogens (primary N) is 1. The summed E-state index contributed by atoms with van der Waals surface area (Å²) < 4.78 is 5.39. The summed E-state index contributed by atoms with van der Waals surface area (Å²) in [6.07, 6.45) is 1.42. The summed E-state index contributed by atoms with van der Waals surface area (Å²) in [5.74, 6) is 0.0793. The predicted octanol–water partition coefficient (Wildman–Crippen LogP) is 2.85. The second kappa shape index (κ2) is 12.1. The van der Waals surface area contributed by atoms with Crippen molar-refractivity contribution in [2.45, 2.75) is 32.7 Å². The fourth-order valence-corrected chi connectivity index (χ4v) is 3.96. The minimum atomic E-state index is -0.458. The topological polar surface area (TPSA) is 67.6 Å². The van der Waals surface area contributed by atoms with Crippen LogP contribution in [0.4, 0.5) is 0 Å². The van der Waals surface area contributed by atoms with Crippen LogP contribution in [-0.4, -0.2) is 50.2 Å². The van der Waals surface area contributed by atoms with Crippen LogP contribution in [0, 0.1) is 5.41 Å². The summed E-state index contributed by atoms with van der Waals surface area (Å²) in [5, 5.41) is 7.43. The van der Waals surface area contributed by atoms with Crippen LogP contribution in [-0.2, 0) is 9.53 Å². The molecule has 8 heteroatoms. The molecule has 0 bridgehead atoms. The molecule has 1 saturated heterocycles. The van der Waals surface area contributed by atoms with Gasteiger partial charge in [-0.1, -0.05) is 13.8 Å². The van der Waals surface area contributed by atoms with Crippen LogP contribution >= 0.6 is 36.2 Å². The summed E-state index contributed by atoms with van der Waals surface area (Å²) in [4.78, 5) is 15.1. The maximum Gasteiger partial charge on any atom is 0.227 e. The molecule has 1 amide bonds. The molecule has 1 atom stereocenters. The molecule has 1 fully saturated rings. The average Bonchev–Trinajstić information content (AvgIpc) is 3.13. The second-order valence-electron chi connectivity index (χ2n) is 6.10. The van der Waals surface area contributed by atoms with E-state index in [1.165, 1.54) is 5.56 Å². The molecule has 0 aromatic carbocycles. The number of ether oxygens (including phenoxy) is 1. The summed E-state index contributed by atoms with van der Waals surface area (Å²) in [5.41, 5.74) is 6.74. The maximum atomic E-state index is 12.8. The highest BCUT2D eigenvalue weighted by Gasteiger charge is 2.39. The quantitative estimate of drug-likeness (QED) is 0.689. The lowest BCUT2D eigenvalue weighted by molar-refractivity contribution is -0.136. The molecular formula is C17H31Cl2N3O2S. The van der Waals surface area contributed by atoms with E-state index >= 15 is 0 Å². The molecule has 3 N–H and O–H groups in total. The lowest BCUT2D eigenvalue weighted by atomic mass is 9.79. The van der Waals surface area contributed by atoms with Crippen LogP contribution in [0.25, 0.3) is 0 Å². The molecule has 146 valence electrons. The smallest absolute Gasteiger partial charge is 0.227 e. The molecule has 0 radical (unpaired) electrons. The number of rotatable bonds is 8. The van der Waals surface area contributed by atoms with Gasteiger partial charge in [0.15, 0.2) is 0 Å². The normalized spacial score (nSPS) is 17.3. The number of carbonyl (C=O) groups excluding carboxylic acids is 1. The van der Waals surface area contributed by atoms with Crippen molar-refractivity contribution in [3.05, 3.63) is 22.4 Å². The Bertz CT molecular complexity index is 478. The van der Waals surface area contributed by atoms with Gasteiger partial charge in [0.25, 0.3) is 0 Å². The van der Waals surface area contributed by atoms with Crippen molar-refractivity contribution in [3.8, 4) is 0 Å². The number of nitrogens with zero attached hydrogens (tertiary/aromatic N) is 1. The Kier molecular flexibility index (Phi) is 11.9. The third-order valence-corrected chi connectivity index (χ3v) is 5.66. The Balaban J connectivity index is 0.00000288. The molecule has 1 aromatic rings. The highest BCUT2D eigenvalue weighted by Crippen LogP contribution is 2.30. The molecule has 1 unspecified atom stereocenters. The predicted molar refractivity (Wildman–Crippen MR) is 109 cm³/mol. The van der Waals surface area contributed by atoms with Gasteiger partial charge in [-0.3, -0.25) is 9.69 Å². The van der Waals surface area contributed by atoms with Gasteiger partial charge >= 0.3 is 0 Å².